The molecule has 0 unspecified atom stereocenters. The molecule has 5 rings (SSSR count). The number of methoxy groups -OCH3 is 1. The second-order valence-corrected chi connectivity index (χ2v) is 8.21. The zero-order chi connectivity index (χ0) is 20.7. The molecule has 0 spiro atoms. The van der Waals surface area contributed by atoms with Gasteiger partial charge in [-0.1, -0.05) is 49.9 Å². The summed E-state index contributed by atoms with van der Waals surface area (Å²) in [7, 11) is 1.46. The number of hydrogen-bond donors (Lipinski definition) is 0. The molecule has 0 aromatic heterocycles. The van der Waals surface area contributed by atoms with E-state index in [-0.39, 0.29) is 25.2 Å². The summed E-state index contributed by atoms with van der Waals surface area (Å²) < 4.78 is 11.0. The fourth-order valence-electron chi connectivity index (χ4n) is 4.93. The Kier molecular flexibility index (Phi) is 5.96. The number of ether oxygens (including phenoxy) is 2. The molecule has 0 saturated carbocycles. The van der Waals surface area contributed by atoms with Gasteiger partial charge in [-0.15, -0.1) is 0 Å². The Bertz CT molecular complexity index is 1060. The maximum absolute atomic E-state index is 12.7. The van der Waals surface area contributed by atoms with Gasteiger partial charge in [0.1, 0.15) is 18.4 Å². The van der Waals surface area contributed by atoms with E-state index >= 15 is 0 Å². The van der Waals surface area contributed by atoms with Gasteiger partial charge in [0.25, 0.3) is 0 Å². The van der Waals surface area contributed by atoms with Gasteiger partial charge in [0.05, 0.1) is 12.7 Å². The van der Waals surface area contributed by atoms with E-state index in [9.17, 15) is 9.59 Å². The number of rotatable bonds is 4. The largest absolute Gasteiger partial charge is 0.487 e. The van der Waals surface area contributed by atoms with Crippen LogP contribution in [0.25, 0.3) is 11.3 Å². The highest BCUT2D eigenvalue weighted by atomic mass is 16.5. The van der Waals surface area contributed by atoms with Crippen LogP contribution < -0.4 is 0 Å². The molecular weight excluding hydrogens is 390 g/mol. The lowest BCUT2D eigenvalue weighted by Crippen LogP contribution is -2.38. The third-order valence-electron chi connectivity index (χ3n) is 6.45. The van der Waals surface area contributed by atoms with Crippen LogP contribution in [0.3, 0.4) is 0 Å². The lowest BCUT2D eigenvalue weighted by atomic mass is 9.98. The van der Waals surface area contributed by atoms with Crippen LogP contribution in [0.2, 0.25) is 0 Å². The van der Waals surface area contributed by atoms with Gasteiger partial charge < -0.3 is 9.47 Å². The van der Waals surface area contributed by atoms with E-state index in [1.54, 1.807) is 0 Å². The highest BCUT2D eigenvalue weighted by molar-refractivity contribution is 6.31. The Morgan fingerprint density at radius 3 is 2.84 bits per heavy atom. The topological polar surface area (TPSA) is 55.8 Å². The minimum Gasteiger partial charge on any atom is -0.487 e. The molecule has 0 N–H and O–H groups in total. The number of nitrogens with zero attached hydrogens (tertiary/aromatic N) is 1. The average molecular weight is 420 g/mol. The van der Waals surface area contributed by atoms with Crippen LogP contribution in [0.15, 0.2) is 42.5 Å². The highest BCUT2D eigenvalue weighted by Gasteiger charge is 2.33. The maximum atomic E-state index is 12.7. The van der Waals surface area contributed by atoms with Crippen LogP contribution in [-0.4, -0.2) is 42.9 Å². The van der Waals surface area contributed by atoms with Crippen LogP contribution in [0.1, 0.15) is 48.1 Å². The quantitative estimate of drug-likeness (QED) is 0.553. The molecule has 5 nitrogen and oxygen atoms in total. The summed E-state index contributed by atoms with van der Waals surface area (Å²) in [5, 5.41) is 0. The second kappa shape index (κ2) is 8.67. The molecule has 2 aromatic carbocycles. The minimum atomic E-state index is -0.132. The van der Waals surface area contributed by atoms with Crippen LogP contribution in [0.4, 0.5) is 0 Å². The molecule has 2 aliphatic heterocycles. The van der Waals surface area contributed by atoms with Crippen molar-refractivity contribution >= 4 is 23.1 Å². The normalized spacial score (nSPS) is 22.0. The summed E-state index contributed by atoms with van der Waals surface area (Å²) >= 11 is 0. The molecule has 2 heterocycles. The van der Waals surface area contributed by atoms with Crippen molar-refractivity contribution in [3.8, 4) is 0 Å². The number of fused-ring (bicyclic) bond motifs is 2. The molecule has 162 valence electrons. The third kappa shape index (κ3) is 3.79. The first-order valence-electron chi connectivity index (χ1n) is 10.6. The molecule has 5 heteroatoms. The Hall–Kier alpha value is -2.92. The summed E-state index contributed by atoms with van der Waals surface area (Å²) in [6, 6.07) is 14.2. The number of hydrogen-bond acceptors (Lipinski definition) is 5. The van der Waals surface area contributed by atoms with E-state index in [4.69, 9.17) is 9.47 Å². The molecule has 3 aliphatic rings. The molecule has 0 radical (unpaired) electrons. The first-order chi connectivity index (χ1) is 14.7. The van der Waals surface area contributed by atoms with Crippen molar-refractivity contribution in [2.24, 2.45) is 0 Å². The maximum Gasteiger partial charge on any atom is 0.323 e. The summed E-state index contributed by atoms with van der Waals surface area (Å²) in [4.78, 5) is 26.8. The van der Waals surface area contributed by atoms with Gasteiger partial charge in [-0.25, -0.2) is 0 Å². The molecule has 1 aliphatic carbocycles. The molecule has 2 aromatic rings. The van der Waals surface area contributed by atoms with Crippen LogP contribution in [-0.2, 0) is 38.5 Å². The predicted octanol–water partition coefficient (Wildman–Crippen LogP) is 4.03. The van der Waals surface area contributed by atoms with Crippen LogP contribution in [0.5, 0.6) is 0 Å². The van der Waals surface area contributed by atoms with Gasteiger partial charge in [-0.05, 0) is 42.5 Å². The molecular formula is C26H29NO4. The van der Waals surface area contributed by atoms with Gasteiger partial charge in [-0.2, -0.15) is 0 Å². The number of carbonyl (C=O) groups is 2. The summed E-state index contributed by atoms with van der Waals surface area (Å²) in [6.07, 6.45) is 3.22. The smallest absolute Gasteiger partial charge is 0.323 e. The number of likely N-dealkylation sites (tertiary alicyclic amines) is 1. The zero-order valence-electron chi connectivity index (χ0n) is 17.1. The van der Waals surface area contributed by atoms with Gasteiger partial charge in [0.15, 0.2) is 5.78 Å². The first kappa shape index (κ1) is 21.3. The lowest BCUT2D eigenvalue weighted by molar-refractivity contribution is -0.145. The predicted molar refractivity (Wildman–Crippen MR) is 120 cm³/mol. The summed E-state index contributed by atoms with van der Waals surface area (Å²) in [5.74, 6) is 0.718. The molecule has 0 bridgehead atoms. The van der Waals surface area contributed by atoms with Crippen molar-refractivity contribution in [1.29, 1.82) is 0 Å². The van der Waals surface area contributed by atoms with Crippen molar-refractivity contribution in [3.05, 3.63) is 70.3 Å². The van der Waals surface area contributed by atoms with E-state index in [1.165, 1.54) is 12.7 Å². The lowest BCUT2D eigenvalue weighted by Gasteiger charge is -2.22. The minimum absolute atomic E-state index is 0. The fourth-order valence-corrected chi connectivity index (χ4v) is 4.93. The summed E-state index contributed by atoms with van der Waals surface area (Å²) in [6.45, 7) is 2.26. The molecule has 1 fully saturated rings. The first-order valence-corrected chi connectivity index (χ1v) is 10.6. The van der Waals surface area contributed by atoms with Crippen molar-refractivity contribution in [1.82, 2.24) is 4.90 Å². The summed E-state index contributed by atoms with van der Waals surface area (Å²) in [5.41, 5.74) is 6.15. The molecule has 1 saturated heterocycles. The van der Waals surface area contributed by atoms with E-state index in [2.05, 4.69) is 23.1 Å². The number of Topliss-reactive ketones (excluding diaryl/α,β-unsaturated/α-hetero) is 1. The van der Waals surface area contributed by atoms with Gasteiger partial charge in [0, 0.05) is 24.1 Å². The fraction of sp³-hybridized carbons (Fsp3) is 0.385. The Balaban J connectivity index is 0.00000231. The van der Waals surface area contributed by atoms with Crippen molar-refractivity contribution in [2.45, 2.75) is 45.8 Å². The van der Waals surface area contributed by atoms with Crippen LogP contribution in [0, 0.1) is 0 Å². The number of benzene rings is 2. The monoisotopic (exact) mass is 419 g/mol. The Morgan fingerprint density at radius 2 is 2.00 bits per heavy atom. The number of ketones is 1. The highest BCUT2D eigenvalue weighted by Crippen LogP contribution is 2.40. The Labute approximate surface area is 183 Å². The Morgan fingerprint density at radius 1 is 1.16 bits per heavy atom. The van der Waals surface area contributed by atoms with E-state index in [0.29, 0.717) is 13.0 Å². The standard InChI is InChI=1S/C25H25NO4.CH4/c1-29-25(28)21-7-4-11-26(21)12-10-16-8-9-20-18(13-16)15-30-24(20)23-19-6-3-2-5-17(19)14-22(23)27;/h2-3,5-6,8-9,13,21H,4,7,10-12,14-15H2,1H3;1H4/b24-23+;/t21-;/m0./s1. The molecule has 1 atom stereocenters. The van der Waals surface area contributed by atoms with Crippen molar-refractivity contribution < 1.29 is 19.1 Å². The average Bonchev–Trinajstić information content (AvgIpc) is 3.47. The second-order valence-electron chi connectivity index (χ2n) is 8.21. The SMILES string of the molecule is C.COC(=O)[C@@H]1CCCN1CCc1ccc2c(c1)CO/C2=C1/C(=O)Cc2ccccc21. The number of esters is 1. The van der Waals surface area contributed by atoms with E-state index in [0.717, 1.165) is 65.9 Å². The van der Waals surface area contributed by atoms with Gasteiger partial charge in [-0.3, -0.25) is 14.5 Å². The van der Waals surface area contributed by atoms with E-state index < -0.39 is 0 Å². The number of carbonyl (C=O) groups excluding carboxylic acids is 2. The number of allylic oxidation sites excluding steroid dienone is 1. The van der Waals surface area contributed by atoms with Crippen molar-refractivity contribution in [3.63, 3.8) is 0 Å². The van der Waals surface area contributed by atoms with Crippen LogP contribution >= 0.6 is 0 Å². The van der Waals surface area contributed by atoms with Crippen molar-refractivity contribution in [2.75, 3.05) is 20.2 Å². The molecule has 31 heavy (non-hydrogen) atoms. The van der Waals surface area contributed by atoms with Gasteiger partial charge in [0.2, 0.25) is 0 Å². The zero-order valence-corrected chi connectivity index (χ0v) is 17.1. The van der Waals surface area contributed by atoms with E-state index in [1.807, 2.05) is 24.3 Å². The third-order valence-corrected chi connectivity index (χ3v) is 6.45. The molecule has 0 amide bonds. The van der Waals surface area contributed by atoms with Gasteiger partial charge >= 0.3 is 5.97 Å².